The molecule has 130 valence electrons. The van der Waals surface area contributed by atoms with Gasteiger partial charge in [-0.15, -0.1) is 0 Å². The van der Waals surface area contributed by atoms with Crippen LogP contribution in [-0.4, -0.2) is 37.4 Å². The zero-order chi connectivity index (χ0) is 17.8. The van der Waals surface area contributed by atoms with Crippen LogP contribution in [0.1, 0.15) is 5.56 Å². The van der Waals surface area contributed by atoms with Crippen molar-refractivity contribution in [3.05, 3.63) is 56.5 Å². The standard InChI is InChI=1S/C17H16BrN3O4/c18-16-10-15(21(23)24)9-12(17(16)22)11-19-13-1-3-14(4-2-13)20-5-7-25-8-6-20/h1-4,9-11,22H,5-8H2/p-1. The molecule has 25 heavy (non-hydrogen) atoms. The highest BCUT2D eigenvalue weighted by molar-refractivity contribution is 9.10. The third-order valence-corrected chi connectivity index (χ3v) is 4.44. The summed E-state index contributed by atoms with van der Waals surface area (Å²) in [6.07, 6.45) is 1.35. The van der Waals surface area contributed by atoms with Gasteiger partial charge in [-0.2, -0.15) is 0 Å². The molecule has 0 saturated carbocycles. The molecule has 0 amide bonds. The van der Waals surface area contributed by atoms with Crippen LogP contribution in [-0.2, 0) is 4.74 Å². The number of rotatable bonds is 4. The quantitative estimate of drug-likeness (QED) is 0.443. The van der Waals surface area contributed by atoms with Crippen LogP contribution < -0.4 is 10.0 Å². The van der Waals surface area contributed by atoms with Gasteiger partial charge in [0.1, 0.15) is 0 Å². The van der Waals surface area contributed by atoms with E-state index < -0.39 is 4.92 Å². The van der Waals surface area contributed by atoms with Crippen molar-refractivity contribution in [2.45, 2.75) is 0 Å². The van der Waals surface area contributed by atoms with Gasteiger partial charge in [0.05, 0.1) is 23.8 Å². The third kappa shape index (κ3) is 4.15. The molecule has 2 aromatic rings. The molecule has 1 aliphatic rings. The number of nitro benzene ring substituents is 1. The van der Waals surface area contributed by atoms with E-state index in [1.165, 1.54) is 18.3 Å². The van der Waals surface area contributed by atoms with Gasteiger partial charge in [-0.3, -0.25) is 15.1 Å². The molecular formula is C17H15BrN3O4-. The fourth-order valence-corrected chi connectivity index (χ4v) is 2.98. The SMILES string of the molecule is O=[N+]([O-])c1cc(Br)c([O-])c(C=Nc2ccc(N3CCOCC3)cc2)c1. The lowest BCUT2D eigenvalue weighted by molar-refractivity contribution is -0.385. The number of non-ortho nitro benzene ring substituents is 1. The number of nitrogens with zero attached hydrogens (tertiary/aromatic N) is 3. The summed E-state index contributed by atoms with van der Waals surface area (Å²) in [6, 6.07) is 10.0. The number of morpholine rings is 1. The van der Waals surface area contributed by atoms with Crippen LogP contribution in [0.3, 0.4) is 0 Å². The van der Waals surface area contributed by atoms with E-state index in [0.29, 0.717) is 18.9 Å². The Morgan fingerprint density at radius 3 is 2.52 bits per heavy atom. The Balaban J connectivity index is 1.79. The molecule has 0 atom stereocenters. The van der Waals surface area contributed by atoms with E-state index in [4.69, 9.17) is 4.74 Å². The van der Waals surface area contributed by atoms with Gasteiger partial charge in [0.15, 0.2) is 0 Å². The summed E-state index contributed by atoms with van der Waals surface area (Å²) in [7, 11) is 0. The minimum Gasteiger partial charge on any atom is -0.871 e. The molecule has 8 heteroatoms. The predicted octanol–water partition coefficient (Wildman–Crippen LogP) is 3.02. The van der Waals surface area contributed by atoms with Gasteiger partial charge in [0.2, 0.25) is 0 Å². The molecule has 0 bridgehead atoms. The van der Waals surface area contributed by atoms with Gasteiger partial charge in [0.25, 0.3) is 5.69 Å². The number of ether oxygens (including phenoxy) is 1. The minimum atomic E-state index is -0.543. The number of hydrogen-bond donors (Lipinski definition) is 0. The molecule has 0 radical (unpaired) electrons. The normalized spacial score (nSPS) is 14.8. The van der Waals surface area contributed by atoms with Crippen LogP contribution in [0.4, 0.5) is 17.1 Å². The summed E-state index contributed by atoms with van der Waals surface area (Å²) in [4.78, 5) is 16.8. The summed E-state index contributed by atoms with van der Waals surface area (Å²) in [5, 5.41) is 22.9. The molecule has 0 aliphatic carbocycles. The fraction of sp³-hybridized carbons (Fsp3) is 0.235. The molecule has 1 saturated heterocycles. The number of nitro groups is 1. The smallest absolute Gasteiger partial charge is 0.271 e. The second-order valence-electron chi connectivity index (χ2n) is 5.48. The van der Waals surface area contributed by atoms with Crippen LogP contribution in [0, 0.1) is 10.1 Å². The Bertz CT molecular complexity index is 802. The molecule has 1 fully saturated rings. The monoisotopic (exact) mass is 404 g/mol. The first-order valence-corrected chi connectivity index (χ1v) is 8.45. The first-order chi connectivity index (χ1) is 12.0. The van der Waals surface area contributed by atoms with Gasteiger partial charge < -0.3 is 14.7 Å². The van der Waals surface area contributed by atoms with Gasteiger partial charge in [-0.25, -0.2) is 0 Å². The highest BCUT2D eigenvalue weighted by atomic mass is 79.9. The maximum atomic E-state index is 12.0. The Labute approximate surface area is 152 Å². The minimum absolute atomic E-state index is 0.144. The zero-order valence-corrected chi connectivity index (χ0v) is 14.8. The van der Waals surface area contributed by atoms with Crippen molar-refractivity contribution in [3.63, 3.8) is 0 Å². The number of anilines is 1. The molecule has 0 aromatic heterocycles. The van der Waals surface area contributed by atoms with Crippen molar-refractivity contribution in [2.75, 3.05) is 31.2 Å². The van der Waals surface area contributed by atoms with E-state index >= 15 is 0 Å². The summed E-state index contributed by atoms with van der Waals surface area (Å²) in [5.41, 5.74) is 1.76. The topological polar surface area (TPSA) is 91.0 Å². The lowest BCUT2D eigenvalue weighted by atomic mass is 10.2. The number of benzene rings is 2. The highest BCUT2D eigenvalue weighted by Crippen LogP contribution is 2.30. The van der Waals surface area contributed by atoms with Crippen LogP contribution in [0.15, 0.2) is 45.9 Å². The zero-order valence-electron chi connectivity index (χ0n) is 13.2. The number of halogens is 1. The largest absolute Gasteiger partial charge is 0.871 e. The van der Waals surface area contributed by atoms with Crippen LogP contribution >= 0.6 is 15.9 Å². The van der Waals surface area contributed by atoms with Gasteiger partial charge >= 0.3 is 0 Å². The van der Waals surface area contributed by atoms with Crippen LogP contribution in [0.25, 0.3) is 0 Å². The molecule has 7 nitrogen and oxygen atoms in total. The van der Waals surface area contributed by atoms with Crippen molar-refractivity contribution in [2.24, 2.45) is 4.99 Å². The Hall–Kier alpha value is -2.45. The lowest BCUT2D eigenvalue weighted by Gasteiger charge is -2.28. The second kappa shape index (κ2) is 7.62. The molecule has 3 rings (SSSR count). The van der Waals surface area contributed by atoms with Crippen molar-refractivity contribution in [1.82, 2.24) is 0 Å². The maximum Gasteiger partial charge on any atom is 0.271 e. The number of aliphatic imine (C=N–C) groups is 1. The first kappa shape index (κ1) is 17.4. The van der Waals surface area contributed by atoms with Gasteiger partial charge in [-0.05, 0) is 29.8 Å². The van der Waals surface area contributed by atoms with E-state index in [0.717, 1.165) is 18.8 Å². The molecule has 0 N–H and O–H groups in total. The predicted molar refractivity (Wildman–Crippen MR) is 97.0 cm³/mol. The van der Waals surface area contributed by atoms with Gasteiger partial charge in [0, 0.05) is 41.6 Å². The Morgan fingerprint density at radius 2 is 1.88 bits per heavy atom. The van der Waals surface area contributed by atoms with Crippen LogP contribution in [0.5, 0.6) is 5.75 Å². The lowest BCUT2D eigenvalue weighted by Crippen LogP contribution is -2.36. The summed E-state index contributed by atoms with van der Waals surface area (Å²) in [6.45, 7) is 3.13. The second-order valence-corrected chi connectivity index (χ2v) is 6.33. The average Bonchev–Trinajstić information content (AvgIpc) is 2.64. The number of hydrogen-bond acceptors (Lipinski definition) is 6. The summed E-state index contributed by atoms with van der Waals surface area (Å²) < 4.78 is 5.48. The first-order valence-electron chi connectivity index (χ1n) is 7.66. The summed E-state index contributed by atoms with van der Waals surface area (Å²) >= 11 is 3.05. The average molecular weight is 405 g/mol. The maximum absolute atomic E-state index is 12.0. The van der Waals surface area contributed by atoms with Gasteiger partial charge in [-0.1, -0.05) is 21.7 Å². The Kier molecular flexibility index (Phi) is 5.30. The van der Waals surface area contributed by atoms with E-state index in [9.17, 15) is 15.2 Å². The van der Waals surface area contributed by atoms with Crippen molar-refractivity contribution in [3.8, 4) is 5.75 Å². The molecule has 1 heterocycles. The molecule has 0 spiro atoms. The fourth-order valence-electron chi connectivity index (χ4n) is 2.52. The Morgan fingerprint density at radius 1 is 1.20 bits per heavy atom. The summed E-state index contributed by atoms with van der Waals surface area (Å²) in [5.74, 6) is -0.334. The van der Waals surface area contributed by atoms with Crippen molar-refractivity contribution in [1.29, 1.82) is 0 Å². The molecule has 2 aromatic carbocycles. The van der Waals surface area contributed by atoms with E-state index in [1.807, 2.05) is 24.3 Å². The van der Waals surface area contributed by atoms with Crippen molar-refractivity contribution >= 4 is 39.2 Å². The van der Waals surface area contributed by atoms with E-state index in [-0.39, 0.29) is 21.5 Å². The molecule has 1 aliphatic heterocycles. The van der Waals surface area contributed by atoms with E-state index in [2.05, 4.69) is 25.8 Å². The molecule has 0 unspecified atom stereocenters. The third-order valence-electron chi connectivity index (χ3n) is 3.85. The molecular weight excluding hydrogens is 390 g/mol. The van der Waals surface area contributed by atoms with Crippen molar-refractivity contribution < 1.29 is 14.8 Å². The highest BCUT2D eigenvalue weighted by Gasteiger charge is 2.11. The van der Waals surface area contributed by atoms with Crippen LogP contribution in [0.2, 0.25) is 0 Å². The van der Waals surface area contributed by atoms with E-state index in [1.54, 1.807) is 0 Å².